The molecule has 0 N–H and O–H groups in total. The fourth-order valence-corrected chi connectivity index (χ4v) is 3.54. The Morgan fingerprint density at radius 1 is 1.16 bits per heavy atom. The predicted molar refractivity (Wildman–Crippen MR) is 79.6 cm³/mol. The quantitative estimate of drug-likeness (QED) is 0.833. The molecule has 0 saturated carbocycles. The van der Waals surface area contributed by atoms with Gasteiger partial charge in [0, 0.05) is 44.6 Å². The van der Waals surface area contributed by atoms with Crippen LogP contribution >= 0.6 is 15.9 Å². The van der Waals surface area contributed by atoms with E-state index in [0.717, 1.165) is 49.9 Å². The van der Waals surface area contributed by atoms with Gasteiger partial charge >= 0.3 is 0 Å². The Labute approximate surface area is 122 Å². The topological polar surface area (TPSA) is 28.6 Å². The van der Waals surface area contributed by atoms with Crippen LogP contribution in [0.4, 0.5) is 5.69 Å². The molecule has 2 saturated heterocycles. The molecule has 3 heterocycles. The highest BCUT2D eigenvalue weighted by atomic mass is 79.9. The summed E-state index contributed by atoms with van der Waals surface area (Å²) >= 11 is 3.59. The van der Waals surface area contributed by atoms with E-state index in [1.165, 1.54) is 18.5 Å². The molecule has 3 rings (SSSR count). The first kappa shape index (κ1) is 13.3. The van der Waals surface area contributed by atoms with Crippen molar-refractivity contribution in [2.75, 3.05) is 44.3 Å². The first-order valence-electron chi connectivity index (χ1n) is 7.01. The van der Waals surface area contributed by atoms with Gasteiger partial charge in [-0.05, 0) is 34.8 Å². The number of anilines is 1. The average molecular weight is 326 g/mol. The Morgan fingerprint density at radius 2 is 1.89 bits per heavy atom. The zero-order valence-electron chi connectivity index (χ0n) is 11.1. The largest absolute Gasteiger partial charge is 0.379 e. The molecule has 104 valence electrons. The predicted octanol–water partition coefficient (Wildman–Crippen LogP) is 2.15. The zero-order valence-corrected chi connectivity index (χ0v) is 12.7. The molecule has 2 fully saturated rings. The van der Waals surface area contributed by atoms with E-state index in [-0.39, 0.29) is 0 Å². The number of rotatable bonds is 2. The number of hydrogen-bond donors (Lipinski definition) is 0. The van der Waals surface area contributed by atoms with Crippen molar-refractivity contribution in [1.82, 2.24) is 9.88 Å². The lowest BCUT2D eigenvalue weighted by molar-refractivity contribution is 0.0115. The first-order valence-corrected chi connectivity index (χ1v) is 7.80. The molecule has 0 spiro atoms. The number of halogens is 1. The molecule has 0 atom stereocenters. The molecule has 5 heteroatoms. The minimum absolute atomic E-state index is 0.737. The van der Waals surface area contributed by atoms with Gasteiger partial charge in [-0.15, -0.1) is 0 Å². The van der Waals surface area contributed by atoms with E-state index in [2.05, 4.69) is 36.8 Å². The van der Waals surface area contributed by atoms with Crippen LogP contribution in [0.3, 0.4) is 0 Å². The van der Waals surface area contributed by atoms with Crippen molar-refractivity contribution >= 4 is 21.6 Å². The Hall–Kier alpha value is -0.650. The van der Waals surface area contributed by atoms with Crippen LogP contribution in [0, 0.1) is 0 Å². The number of nitrogens with zero attached hydrogens (tertiary/aromatic N) is 3. The Balaban J connectivity index is 1.58. The third-order valence-electron chi connectivity index (χ3n) is 4.12. The summed E-state index contributed by atoms with van der Waals surface area (Å²) in [5.41, 5.74) is 1.27. The maximum atomic E-state index is 5.43. The maximum Gasteiger partial charge on any atom is 0.0594 e. The van der Waals surface area contributed by atoms with E-state index in [9.17, 15) is 0 Å². The number of morpholine rings is 1. The van der Waals surface area contributed by atoms with E-state index in [1.807, 2.05) is 12.4 Å². The number of hydrogen-bond acceptors (Lipinski definition) is 4. The second kappa shape index (κ2) is 6.20. The molecule has 2 aliphatic heterocycles. The van der Waals surface area contributed by atoms with Crippen molar-refractivity contribution < 1.29 is 4.74 Å². The van der Waals surface area contributed by atoms with Crippen LogP contribution in [0.25, 0.3) is 0 Å². The van der Waals surface area contributed by atoms with Gasteiger partial charge in [-0.2, -0.15) is 0 Å². The lowest BCUT2D eigenvalue weighted by Crippen LogP contribution is -2.49. The van der Waals surface area contributed by atoms with E-state index in [4.69, 9.17) is 4.74 Å². The molecule has 0 aromatic carbocycles. The van der Waals surface area contributed by atoms with Gasteiger partial charge in [0.25, 0.3) is 0 Å². The van der Waals surface area contributed by atoms with Crippen molar-refractivity contribution in [1.29, 1.82) is 0 Å². The average Bonchev–Trinajstić information content (AvgIpc) is 2.49. The highest BCUT2D eigenvalue weighted by Gasteiger charge is 2.26. The van der Waals surface area contributed by atoms with Gasteiger partial charge in [-0.25, -0.2) is 0 Å². The molecule has 0 aliphatic carbocycles. The van der Waals surface area contributed by atoms with Crippen molar-refractivity contribution in [2.45, 2.75) is 18.9 Å². The van der Waals surface area contributed by atoms with E-state index >= 15 is 0 Å². The van der Waals surface area contributed by atoms with Crippen LogP contribution in [0.2, 0.25) is 0 Å². The minimum atomic E-state index is 0.737. The van der Waals surface area contributed by atoms with Crippen LogP contribution in [0.1, 0.15) is 12.8 Å². The molecular formula is C14H20BrN3O. The molecule has 0 radical (unpaired) electrons. The molecule has 2 aliphatic rings. The molecule has 0 bridgehead atoms. The van der Waals surface area contributed by atoms with E-state index < -0.39 is 0 Å². The minimum Gasteiger partial charge on any atom is -0.379 e. The van der Waals surface area contributed by atoms with Crippen molar-refractivity contribution in [3.63, 3.8) is 0 Å². The molecule has 0 unspecified atom stereocenters. The van der Waals surface area contributed by atoms with Gasteiger partial charge in [0.2, 0.25) is 0 Å². The Morgan fingerprint density at radius 3 is 2.58 bits per heavy atom. The van der Waals surface area contributed by atoms with Crippen molar-refractivity contribution in [3.05, 3.63) is 22.9 Å². The summed E-state index contributed by atoms with van der Waals surface area (Å²) in [7, 11) is 0. The Bertz CT molecular complexity index is 415. The smallest absolute Gasteiger partial charge is 0.0594 e. The van der Waals surface area contributed by atoms with Crippen LogP contribution in [-0.2, 0) is 4.74 Å². The second-order valence-electron chi connectivity index (χ2n) is 5.19. The van der Waals surface area contributed by atoms with Crippen molar-refractivity contribution in [2.24, 2.45) is 0 Å². The number of pyridine rings is 1. The third-order valence-corrected chi connectivity index (χ3v) is 4.73. The van der Waals surface area contributed by atoms with Gasteiger partial charge in [0.1, 0.15) is 0 Å². The number of ether oxygens (including phenoxy) is 1. The summed E-state index contributed by atoms with van der Waals surface area (Å²) < 4.78 is 6.53. The normalized spacial score (nSPS) is 22.7. The van der Waals surface area contributed by atoms with Gasteiger partial charge in [0.15, 0.2) is 0 Å². The van der Waals surface area contributed by atoms with Gasteiger partial charge in [-0.1, -0.05) is 0 Å². The summed E-state index contributed by atoms with van der Waals surface area (Å²) in [5.74, 6) is 0. The lowest BCUT2D eigenvalue weighted by atomic mass is 10.0. The highest BCUT2D eigenvalue weighted by molar-refractivity contribution is 9.10. The van der Waals surface area contributed by atoms with E-state index in [0.29, 0.717) is 0 Å². The van der Waals surface area contributed by atoms with Gasteiger partial charge in [-0.3, -0.25) is 9.88 Å². The molecule has 1 aromatic rings. The molecular weight excluding hydrogens is 306 g/mol. The summed E-state index contributed by atoms with van der Waals surface area (Å²) in [5, 5.41) is 0. The Kier molecular flexibility index (Phi) is 4.35. The SMILES string of the molecule is Brc1cnccc1N1CCC(N2CCOCC2)CC1. The molecule has 19 heavy (non-hydrogen) atoms. The third kappa shape index (κ3) is 3.09. The standard InChI is InChI=1S/C14H20BrN3O/c15-13-11-16-4-1-14(13)18-5-2-12(3-6-18)17-7-9-19-10-8-17/h1,4,11-12H,2-3,5-10H2. The van der Waals surface area contributed by atoms with Crippen molar-refractivity contribution in [3.8, 4) is 0 Å². The number of aromatic nitrogens is 1. The summed E-state index contributed by atoms with van der Waals surface area (Å²) in [4.78, 5) is 9.19. The monoisotopic (exact) mass is 325 g/mol. The van der Waals surface area contributed by atoms with E-state index in [1.54, 1.807) is 0 Å². The maximum absolute atomic E-state index is 5.43. The highest BCUT2D eigenvalue weighted by Crippen LogP contribution is 2.28. The molecule has 0 amide bonds. The summed E-state index contributed by atoms with van der Waals surface area (Å²) in [6.07, 6.45) is 6.24. The van der Waals surface area contributed by atoms with Crippen LogP contribution in [0.15, 0.2) is 22.9 Å². The molecule has 1 aromatic heterocycles. The summed E-state index contributed by atoms with van der Waals surface area (Å²) in [6.45, 7) is 6.26. The van der Waals surface area contributed by atoms with Crippen LogP contribution in [-0.4, -0.2) is 55.3 Å². The van der Waals surface area contributed by atoms with Crippen LogP contribution < -0.4 is 4.90 Å². The van der Waals surface area contributed by atoms with Gasteiger partial charge < -0.3 is 9.64 Å². The summed E-state index contributed by atoms with van der Waals surface area (Å²) in [6, 6.07) is 2.83. The second-order valence-corrected chi connectivity index (χ2v) is 6.05. The number of piperidine rings is 1. The fraction of sp³-hybridized carbons (Fsp3) is 0.643. The zero-order chi connectivity index (χ0) is 13.1. The fourth-order valence-electron chi connectivity index (χ4n) is 3.04. The van der Waals surface area contributed by atoms with Gasteiger partial charge in [0.05, 0.1) is 23.4 Å². The lowest BCUT2D eigenvalue weighted by Gasteiger charge is -2.41. The first-order chi connectivity index (χ1) is 9.34. The molecule has 4 nitrogen and oxygen atoms in total. The van der Waals surface area contributed by atoms with Crippen LogP contribution in [0.5, 0.6) is 0 Å².